The van der Waals surface area contributed by atoms with Crippen LogP contribution in [-0.4, -0.2) is 33.0 Å². The molecule has 0 atom stereocenters. The third-order valence-corrected chi connectivity index (χ3v) is 3.71. The molecule has 3 nitrogen and oxygen atoms in total. The Labute approximate surface area is 87.2 Å². The Morgan fingerprint density at radius 2 is 1.93 bits per heavy atom. The van der Waals surface area contributed by atoms with Gasteiger partial charge < -0.3 is 5.32 Å². The summed E-state index contributed by atoms with van der Waals surface area (Å²) in [6.07, 6.45) is 7.51. The van der Waals surface area contributed by atoms with E-state index in [2.05, 4.69) is 11.2 Å². The van der Waals surface area contributed by atoms with Gasteiger partial charge in [-0.2, -0.15) is 0 Å². The maximum atomic E-state index is 11.1. The van der Waals surface area contributed by atoms with Crippen molar-refractivity contribution in [2.45, 2.75) is 26.2 Å². The molecule has 1 N–H and O–H groups in total. The number of rotatable bonds is 8. The Balaban J connectivity index is 3.27. The van der Waals surface area contributed by atoms with E-state index in [4.69, 9.17) is 6.42 Å². The molecule has 0 radical (unpaired) electrons. The van der Waals surface area contributed by atoms with Crippen LogP contribution in [-0.2, 0) is 9.84 Å². The van der Waals surface area contributed by atoms with Gasteiger partial charge in [-0.15, -0.1) is 12.3 Å². The van der Waals surface area contributed by atoms with E-state index in [1.54, 1.807) is 6.92 Å². The van der Waals surface area contributed by atoms with E-state index in [0.717, 1.165) is 25.9 Å². The second-order valence-corrected chi connectivity index (χ2v) is 5.62. The molecule has 0 rings (SSSR count). The summed E-state index contributed by atoms with van der Waals surface area (Å²) in [5, 5.41) is 3.16. The third-order valence-electron chi connectivity index (χ3n) is 1.92. The van der Waals surface area contributed by atoms with Crippen molar-refractivity contribution in [2.24, 2.45) is 0 Å². The summed E-state index contributed by atoms with van der Waals surface area (Å²) in [7, 11) is -2.79. The van der Waals surface area contributed by atoms with E-state index in [9.17, 15) is 8.42 Å². The van der Waals surface area contributed by atoms with Crippen LogP contribution in [0, 0.1) is 12.3 Å². The fourth-order valence-corrected chi connectivity index (χ4v) is 1.87. The maximum Gasteiger partial charge on any atom is 0.150 e. The second-order valence-electron chi connectivity index (χ2n) is 3.15. The summed E-state index contributed by atoms with van der Waals surface area (Å²) >= 11 is 0. The predicted molar refractivity (Wildman–Crippen MR) is 59.9 cm³/mol. The minimum atomic E-state index is -2.79. The van der Waals surface area contributed by atoms with Gasteiger partial charge in [0.05, 0.1) is 5.75 Å². The van der Waals surface area contributed by atoms with Gasteiger partial charge in [0.15, 0.2) is 0 Å². The minimum absolute atomic E-state index is 0.240. The smallest absolute Gasteiger partial charge is 0.150 e. The molecule has 14 heavy (non-hydrogen) atoms. The van der Waals surface area contributed by atoms with Gasteiger partial charge in [-0.25, -0.2) is 8.42 Å². The number of sulfone groups is 1. The van der Waals surface area contributed by atoms with Crippen LogP contribution in [0.4, 0.5) is 0 Å². The molecule has 0 aliphatic rings. The molecule has 4 heteroatoms. The summed E-state index contributed by atoms with van der Waals surface area (Å²) in [4.78, 5) is 0. The molecule has 0 aromatic rings. The number of hydrogen-bond donors (Lipinski definition) is 1. The van der Waals surface area contributed by atoms with Crippen molar-refractivity contribution in [1.82, 2.24) is 5.32 Å². The molecule has 0 bridgehead atoms. The molecule has 0 fully saturated rings. The van der Waals surface area contributed by atoms with Crippen LogP contribution in [0.5, 0.6) is 0 Å². The highest BCUT2D eigenvalue weighted by Gasteiger charge is 2.05. The Bertz CT molecular complexity index is 264. The fraction of sp³-hybridized carbons (Fsp3) is 0.800. The van der Waals surface area contributed by atoms with Crippen LogP contribution in [0.3, 0.4) is 0 Å². The van der Waals surface area contributed by atoms with E-state index < -0.39 is 9.84 Å². The van der Waals surface area contributed by atoms with Crippen molar-refractivity contribution in [1.29, 1.82) is 0 Å². The highest BCUT2D eigenvalue weighted by molar-refractivity contribution is 7.91. The van der Waals surface area contributed by atoms with Crippen molar-refractivity contribution < 1.29 is 8.42 Å². The number of terminal acetylenes is 1. The van der Waals surface area contributed by atoms with Crippen LogP contribution in [0.25, 0.3) is 0 Å². The number of nitrogens with one attached hydrogen (secondary N) is 1. The van der Waals surface area contributed by atoms with Crippen LogP contribution in [0.1, 0.15) is 26.2 Å². The first-order valence-electron chi connectivity index (χ1n) is 4.97. The van der Waals surface area contributed by atoms with E-state index in [1.807, 2.05) is 0 Å². The lowest BCUT2D eigenvalue weighted by atomic mass is 10.3. The summed E-state index contributed by atoms with van der Waals surface area (Å²) in [6, 6.07) is 0. The zero-order valence-corrected chi connectivity index (χ0v) is 9.57. The monoisotopic (exact) mass is 217 g/mol. The normalized spacial score (nSPS) is 11.1. The highest BCUT2D eigenvalue weighted by Crippen LogP contribution is 1.92. The molecule has 0 saturated heterocycles. The van der Waals surface area contributed by atoms with Gasteiger partial charge in [-0.05, 0) is 25.9 Å². The van der Waals surface area contributed by atoms with Gasteiger partial charge in [0, 0.05) is 12.2 Å². The van der Waals surface area contributed by atoms with E-state index in [1.165, 1.54) is 0 Å². The van der Waals surface area contributed by atoms with Crippen molar-refractivity contribution in [2.75, 3.05) is 24.6 Å². The number of unbranched alkanes of at least 4 members (excludes halogenated alkanes) is 1. The Morgan fingerprint density at radius 3 is 2.50 bits per heavy atom. The average molecular weight is 217 g/mol. The third kappa shape index (κ3) is 8.09. The lowest BCUT2D eigenvalue weighted by Gasteiger charge is -2.03. The summed E-state index contributed by atoms with van der Waals surface area (Å²) in [6.45, 7) is 3.30. The van der Waals surface area contributed by atoms with E-state index in [0.29, 0.717) is 6.42 Å². The molecule has 0 aromatic heterocycles. The first kappa shape index (κ1) is 13.5. The summed E-state index contributed by atoms with van der Waals surface area (Å²) in [5.74, 6) is 3.08. The van der Waals surface area contributed by atoms with Crippen molar-refractivity contribution >= 4 is 9.84 Å². The molecular weight excluding hydrogens is 198 g/mol. The quantitative estimate of drug-likeness (QED) is 0.483. The van der Waals surface area contributed by atoms with Crippen molar-refractivity contribution in [3.05, 3.63) is 0 Å². The predicted octanol–water partition coefficient (Wildman–Crippen LogP) is 0.814. The van der Waals surface area contributed by atoms with E-state index in [-0.39, 0.29) is 11.5 Å². The van der Waals surface area contributed by atoms with Gasteiger partial charge >= 0.3 is 0 Å². The molecule has 0 spiro atoms. The first-order chi connectivity index (χ1) is 6.62. The van der Waals surface area contributed by atoms with Crippen molar-refractivity contribution in [3.63, 3.8) is 0 Å². The lowest BCUT2D eigenvalue weighted by molar-refractivity contribution is 0.588. The molecule has 0 unspecified atom stereocenters. The van der Waals surface area contributed by atoms with Crippen LogP contribution >= 0.6 is 0 Å². The number of hydrogen-bond acceptors (Lipinski definition) is 3. The molecule has 0 heterocycles. The Morgan fingerprint density at radius 1 is 1.29 bits per heavy atom. The molecular formula is C10H19NO2S. The van der Waals surface area contributed by atoms with Gasteiger partial charge in [-0.1, -0.05) is 6.92 Å². The average Bonchev–Trinajstić information content (AvgIpc) is 2.16. The molecule has 0 saturated carbocycles. The summed E-state index contributed by atoms with van der Waals surface area (Å²) < 4.78 is 22.2. The molecule has 0 aliphatic carbocycles. The van der Waals surface area contributed by atoms with Crippen molar-refractivity contribution in [3.8, 4) is 12.3 Å². The molecule has 0 aliphatic heterocycles. The molecule has 0 aromatic carbocycles. The van der Waals surface area contributed by atoms with Gasteiger partial charge in [0.1, 0.15) is 9.84 Å². The standard InChI is InChI=1S/C10H19NO2S/c1-3-5-6-8-11-9-7-10-14(12,13)4-2/h1,11H,4-10H2,2H3. The van der Waals surface area contributed by atoms with E-state index >= 15 is 0 Å². The van der Waals surface area contributed by atoms with Gasteiger partial charge in [0.25, 0.3) is 0 Å². The lowest BCUT2D eigenvalue weighted by Crippen LogP contribution is -2.20. The molecule has 0 amide bonds. The molecule has 82 valence electrons. The highest BCUT2D eigenvalue weighted by atomic mass is 32.2. The largest absolute Gasteiger partial charge is 0.317 e. The summed E-state index contributed by atoms with van der Waals surface area (Å²) in [5.41, 5.74) is 0. The second kappa shape index (κ2) is 7.84. The van der Waals surface area contributed by atoms with Crippen LogP contribution < -0.4 is 5.32 Å². The van der Waals surface area contributed by atoms with Crippen LogP contribution in [0.2, 0.25) is 0 Å². The fourth-order valence-electron chi connectivity index (χ4n) is 1.00. The van der Waals surface area contributed by atoms with Gasteiger partial charge in [0.2, 0.25) is 0 Å². The minimum Gasteiger partial charge on any atom is -0.317 e. The zero-order chi connectivity index (χ0) is 10.9. The van der Waals surface area contributed by atoms with Gasteiger partial charge in [-0.3, -0.25) is 0 Å². The Kier molecular flexibility index (Phi) is 7.54. The zero-order valence-electron chi connectivity index (χ0n) is 8.75. The topological polar surface area (TPSA) is 46.2 Å². The SMILES string of the molecule is C#CCCCNCCCS(=O)(=O)CC. The Hall–Kier alpha value is -0.530. The maximum absolute atomic E-state index is 11.1. The van der Waals surface area contributed by atoms with Crippen LogP contribution in [0.15, 0.2) is 0 Å². The first-order valence-corrected chi connectivity index (χ1v) is 6.79.